The van der Waals surface area contributed by atoms with Crippen molar-refractivity contribution in [2.45, 2.75) is 0 Å². The van der Waals surface area contributed by atoms with Gasteiger partial charge in [0.25, 0.3) is 0 Å². The molecule has 4 nitrogen and oxygen atoms in total. The number of anilines is 3. The zero-order valence-corrected chi connectivity index (χ0v) is 28.5. The van der Waals surface area contributed by atoms with Crippen LogP contribution < -0.4 is 4.90 Å². The highest BCUT2D eigenvalue weighted by Crippen LogP contribution is 2.48. The predicted molar refractivity (Wildman–Crippen MR) is 219 cm³/mol. The first-order valence-electron chi connectivity index (χ1n) is 17.9. The number of aromatic nitrogens is 1. The van der Waals surface area contributed by atoms with Gasteiger partial charge in [0.05, 0.1) is 11.4 Å². The Morgan fingerprint density at radius 1 is 0.396 bits per heavy atom. The molecule has 0 N–H and O–H groups in total. The molecule has 0 amide bonds. The molecule has 0 fully saturated rings. The Bertz CT molecular complexity index is 3180. The maximum absolute atomic E-state index is 6.47. The molecule has 0 spiro atoms. The van der Waals surface area contributed by atoms with Gasteiger partial charge in [-0.1, -0.05) is 127 Å². The Labute approximate surface area is 304 Å². The van der Waals surface area contributed by atoms with Crippen molar-refractivity contribution in [2.24, 2.45) is 0 Å². The van der Waals surface area contributed by atoms with Gasteiger partial charge in [-0.3, -0.25) is 0 Å². The van der Waals surface area contributed by atoms with Crippen molar-refractivity contribution in [3.05, 3.63) is 182 Å². The zero-order valence-electron chi connectivity index (χ0n) is 28.5. The van der Waals surface area contributed by atoms with E-state index in [0.29, 0.717) is 5.89 Å². The molecular formula is C49H30N2O2. The summed E-state index contributed by atoms with van der Waals surface area (Å²) in [5.41, 5.74) is 9.78. The quantitative estimate of drug-likeness (QED) is 0.170. The monoisotopic (exact) mass is 678 g/mol. The summed E-state index contributed by atoms with van der Waals surface area (Å²) in [5.74, 6) is 0.621. The highest BCUT2D eigenvalue weighted by molar-refractivity contribution is 6.28. The van der Waals surface area contributed by atoms with E-state index in [1.807, 2.05) is 48.5 Å². The maximum Gasteiger partial charge on any atom is 0.227 e. The summed E-state index contributed by atoms with van der Waals surface area (Å²) in [7, 11) is 0. The molecule has 0 aliphatic rings. The van der Waals surface area contributed by atoms with Gasteiger partial charge in [0, 0.05) is 44.4 Å². The normalized spacial score (nSPS) is 11.8. The van der Waals surface area contributed by atoms with Gasteiger partial charge in [-0.2, -0.15) is 0 Å². The molecule has 4 heteroatoms. The molecule has 0 bridgehead atoms. The van der Waals surface area contributed by atoms with E-state index in [4.69, 9.17) is 13.8 Å². The number of para-hydroxylation sites is 2. The molecule has 0 radical (unpaired) electrons. The predicted octanol–water partition coefficient (Wildman–Crippen LogP) is 14.0. The van der Waals surface area contributed by atoms with Crippen molar-refractivity contribution in [3.63, 3.8) is 0 Å². The summed E-state index contributed by atoms with van der Waals surface area (Å²) in [5, 5.41) is 8.98. The highest BCUT2D eigenvalue weighted by atomic mass is 16.3. The van der Waals surface area contributed by atoms with Gasteiger partial charge in [0.15, 0.2) is 5.58 Å². The number of benzene rings is 9. The molecule has 0 saturated carbocycles. The third-order valence-electron chi connectivity index (χ3n) is 10.5. The van der Waals surface area contributed by atoms with Gasteiger partial charge in [0.2, 0.25) is 5.89 Å². The lowest BCUT2D eigenvalue weighted by Gasteiger charge is -2.29. The number of hydrogen-bond donors (Lipinski definition) is 0. The fourth-order valence-corrected chi connectivity index (χ4v) is 8.06. The average molecular weight is 679 g/mol. The van der Waals surface area contributed by atoms with Gasteiger partial charge in [-0.25, -0.2) is 4.98 Å². The van der Waals surface area contributed by atoms with Crippen molar-refractivity contribution in [1.82, 2.24) is 4.98 Å². The molecule has 248 valence electrons. The summed E-state index contributed by atoms with van der Waals surface area (Å²) in [6.07, 6.45) is 0. The van der Waals surface area contributed by atoms with Crippen LogP contribution in [0.15, 0.2) is 191 Å². The first-order chi connectivity index (χ1) is 26.3. The van der Waals surface area contributed by atoms with Crippen molar-refractivity contribution in [1.29, 1.82) is 0 Å². The first-order valence-corrected chi connectivity index (χ1v) is 17.9. The molecule has 2 aromatic heterocycles. The van der Waals surface area contributed by atoms with Gasteiger partial charge in [-0.05, 0) is 75.6 Å². The summed E-state index contributed by atoms with van der Waals surface area (Å²) in [6, 6.07) is 63.9. The molecule has 53 heavy (non-hydrogen) atoms. The Kier molecular flexibility index (Phi) is 6.52. The number of fused-ring (bicyclic) bond motifs is 10. The van der Waals surface area contributed by atoms with Crippen LogP contribution in [0.3, 0.4) is 0 Å². The largest absolute Gasteiger partial charge is 0.456 e. The van der Waals surface area contributed by atoms with E-state index in [1.54, 1.807) is 0 Å². The van der Waals surface area contributed by atoms with Gasteiger partial charge < -0.3 is 13.7 Å². The smallest absolute Gasteiger partial charge is 0.227 e. The third-order valence-corrected chi connectivity index (χ3v) is 10.5. The van der Waals surface area contributed by atoms with Crippen LogP contribution in [0.25, 0.3) is 87.9 Å². The Balaban J connectivity index is 1.22. The molecule has 11 aromatic rings. The second-order valence-electron chi connectivity index (χ2n) is 13.5. The first kappa shape index (κ1) is 29.5. The number of rotatable bonds is 5. The standard InChI is InChI=1S/C49H30N2O2/c1-3-13-31(14-4-1)36-17-9-11-21-41(36)51(35-26-27-39-38-19-10-12-22-43(38)52-45(39)30-35)42-29-34-24-23-32-25-28-44-48(50-49(53-44)33-15-5-2-6-16-33)47(32)46(34)40-20-8-7-18-37(40)42/h1-30H. The Morgan fingerprint density at radius 3 is 1.91 bits per heavy atom. The minimum Gasteiger partial charge on any atom is -0.456 e. The molecule has 11 rings (SSSR count). The van der Waals surface area contributed by atoms with E-state index in [-0.39, 0.29) is 0 Å². The van der Waals surface area contributed by atoms with E-state index >= 15 is 0 Å². The van der Waals surface area contributed by atoms with Gasteiger partial charge in [0.1, 0.15) is 16.7 Å². The van der Waals surface area contributed by atoms with Crippen LogP contribution in [0.5, 0.6) is 0 Å². The lowest BCUT2D eigenvalue weighted by molar-refractivity contribution is 0.620. The van der Waals surface area contributed by atoms with Crippen molar-refractivity contribution >= 4 is 82.4 Å². The maximum atomic E-state index is 6.47. The van der Waals surface area contributed by atoms with Gasteiger partial charge >= 0.3 is 0 Å². The van der Waals surface area contributed by atoms with E-state index in [2.05, 4.69) is 138 Å². The van der Waals surface area contributed by atoms with Crippen LogP contribution in [0.1, 0.15) is 0 Å². The van der Waals surface area contributed by atoms with Crippen molar-refractivity contribution in [2.75, 3.05) is 4.90 Å². The van der Waals surface area contributed by atoms with Crippen molar-refractivity contribution in [3.8, 4) is 22.6 Å². The summed E-state index contributed by atoms with van der Waals surface area (Å²) in [6.45, 7) is 0. The average Bonchev–Trinajstić information content (AvgIpc) is 3.84. The second-order valence-corrected chi connectivity index (χ2v) is 13.5. The molecule has 0 saturated heterocycles. The SMILES string of the molecule is c1ccc(-c2nc3c(ccc4ccc5cc(N(c6ccc7c(c6)oc6ccccc67)c6ccccc6-c6ccccc6)c6ccccc6c5c43)o2)cc1. The van der Waals surface area contributed by atoms with Crippen LogP contribution in [0.2, 0.25) is 0 Å². The zero-order chi connectivity index (χ0) is 34.9. The number of oxazole rings is 1. The number of furan rings is 1. The Morgan fingerprint density at radius 2 is 1.06 bits per heavy atom. The fourth-order valence-electron chi connectivity index (χ4n) is 8.06. The molecule has 0 atom stereocenters. The fraction of sp³-hybridized carbons (Fsp3) is 0. The molecule has 2 heterocycles. The van der Waals surface area contributed by atoms with E-state index in [0.717, 1.165) is 99.1 Å². The van der Waals surface area contributed by atoms with Crippen molar-refractivity contribution < 1.29 is 8.83 Å². The van der Waals surface area contributed by atoms with E-state index in [1.165, 1.54) is 0 Å². The summed E-state index contributed by atoms with van der Waals surface area (Å²) in [4.78, 5) is 7.52. The topological polar surface area (TPSA) is 42.4 Å². The lowest BCUT2D eigenvalue weighted by Crippen LogP contribution is -2.12. The number of nitrogens with zero attached hydrogens (tertiary/aromatic N) is 2. The summed E-state index contributed by atoms with van der Waals surface area (Å²) < 4.78 is 12.9. The van der Waals surface area contributed by atoms with Crippen LogP contribution in [-0.4, -0.2) is 4.98 Å². The molecule has 0 aliphatic heterocycles. The molecule has 0 aliphatic carbocycles. The summed E-state index contributed by atoms with van der Waals surface area (Å²) >= 11 is 0. The van der Waals surface area contributed by atoms with E-state index in [9.17, 15) is 0 Å². The lowest BCUT2D eigenvalue weighted by atomic mass is 9.93. The van der Waals surface area contributed by atoms with Gasteiger partial charge in [-0.15, -0.1) is 0 Å². The minimum atomic E-state index is 0.621. The second kappa shape index (κ2) is 11.7. The minimum absolute atomic E-state index is 0.621. The highest BCUT2D eigenvalue weighted by Gasteiger charge is 2.23. The van der Waals surface area contributed by atoms with Crippen LogP contribution in [0, 0.1) is 0 Å². The van der Waals surface area contributed by atoms with Crippen LogP contribution in [-0.2, 0) is 0 Å². The Hall–Kier alpha value is -7.17. The van der Waals surface area contributed by atoms with Crippen LogP contribution >= 0.6 is 0 Å². The number of hydrogen-bond acceptors (Lipinski definition) is 4. The third kappa shape index (κ3) is 4.66. The van der Waals surface area contributed by atoms with Crippen LogP contribution in [0.4, 0.5) is 17.1 Å². The molecular weight excluding hydrogens is 649 g/mol. The molecule has 0 unspecified atom stereocenters. The molecule has 9 aromatic carbocycles. The van der Waals surface area contributed by atoms with E-state index < -0.39 is 0 Å².